The first-order valence-electron chi connectivity index (χ1n) is 7.33. The molecular weight excluding hydrogens is 298 g/mol. The predicted octanol–water partition coefficient (Wildman–Crippen LogP) is 3.65. The van der Waals surface area contributed by atoms with Crippen molar-refractivity contribution in [3.8, 4) is 6.07 Å². The molecule has 1 saturated heterocycles. The van der Waals surface area contributed by atoms with Gasteiger partial charge >= 0.3 is 5.97 Å². The van der Waals surface area contributed by atoms with Crippen LogP contribution >= 0.6 is 11.3 Å². The van der Waals surface area contributed by atoms with E-state index in [9.17, 15) is 4.79 Å². The summed E-state index contributed by atoms with van der Waals surface area (Å²) in [6, 6.07) is 8.45. The Balaban J connectivity index is 2.05. The maximum atomic E-state index is 11.9. The average Bonchev–Trinajstić information content (AvgIpc) is 2.93. The van der Waals surface area contributed by atoms with Crippen LogP contribution in [0.4, 0.5) is 0 Å². The maximum absolute atomic E-state index is 11.9. The van der Waals surface area contributed by atoms with Gasteiger partial charge in [-0.2, -0.15) is 5.26 Å². The lowest BCUT2D eigenvalue weighted by Crippen LogP contribution is -2.13. The van der Waals surface area contributed by atoms with Gasteiger partial charge in [0.15, 0.2) is 0 Å². The Hall–Kier alpha value is -1.90. The molecule has 0 bridgehead atoms. The average molecular weight is 315 g/mol. The third-order valence-corrected chi connectivity index (χ3v) is 5.31. The van der Waals surface area contributed by atoms with E-state index in [-0.39, 0.29) is 12.4 Å². The summed E-state index contributed by atoms with van der Waals surface area (Å²) >= 11 is 1.42. The second-order valence-corrected chi connectivity index (χ2v) is 6.43. The summed E-state index contributed by atoms with van der Waals surface area (Å²) in [5, 5.41) is 10.0. The summed E-state index contributed by atoms with van der Waals surface area (Å²) in [6.45, 7) is 1.61. The second kappa shape index (κ2) is 6.47. The molecule has 114 valence electrons. The topological polar surface area (TPSA) is 59.3 Å². The molecule has 0 radical (unpaired) electrons. The number of carbonyl (C=O) groups is 1. The van der Waals surface area contributed by atoms with E-state index in [0.29, 0.717) is 10.8 Å². The minimum atomic E-state index is -0.362. The maximum Gasteiger partial charge on any atom is 0.348 e. The minimum Gasteiger partial charge on any atom is -0.465 e. The summed E-state index contributed by atoms with van der Waals surface area (Å²) in [5.41, 5.74) is 2.07. The molecule has 0 saturated carbocycles. The minimum absolute atomic E-state index is 0.223. The van der Waals surface area contributed by atoms with Crippen molar-refractivity contribution in [2.75, 3.05) is 20.3 Å². The van der Waals surface area contributed by atoms with Crippen molar-refractivity contribution in [2.45, 2.75) is 25.2 Å². The normalized spacial score (nSPS) is 15.6. The van der Waals surface area contributed by atoms with Crippen molar-refractivity contribution in [1.29, 1.82) is 5.26 Å². The predicted molar refractivity (Wildman–Crippen MR) is 85.3 cm³/mol. The number of methoxy groups -OCH3 is 1. The van der Waals surface area contributed by atoms with Crippen molar-refractivity contribution < 1.29 is 14.3 Å². The van der Waals surface area contributed by atoms with Gasteiger partial charge in [0.1, 0.15) is 4.88 Å². The molecule has 1 aliphatic rings. The first-order valence-corrected chi connectivity index (χ1v) is 8.14. The second-order valence-electron chi connectivity index (χ2n) is 5.38. The van der Waals surface area contributed by atoms with Crippen molar-refractivity contribution in [1.82, 2.24) is 0 Å². The quantitative estimate of drug-likeness (QED) is 0.811. The Labute approximate surface area is 133 Å². The Kier molecular flexibility index (Phi) is 4.41. The number of esters is 1. The zero-order valence-electron chi connectivity index (χ0n) is 12.4. The molecule has 0 spiro atoms. The molecule has 1 aliphatic heterocycles. The third-order valence-electron chi connectivity index (χ3n) is 4.14. The molecule has 4 nitrogen and oxygen atoms in total. The highest BCUT2D eigenvalue weighted by Crippen LogP contribution is 2.36. The van der Waals surface area contributed by atoms with Gasteiger partial charge in [-0.3, -0.25) is 0 Å². The van der Waals surface area contributed by atoms with E-state index in [1.807, 2.05) is 6.07 Å². The van der Waals surface area contributed by atoms with E-state index in [4.69, 9.17) is 14.7 Å². The Morgan fingerprint density at radius 1 is 1.45 bits per heavy atom. The number of benzene rings is 1. The zero-order chi connectivity index (χ0) is 15.5. The van der Waals surface area contributed by atoms with E-state index in [2.05, 4.69) is 18.2 Å². The zero-order valence-corrected chi connectivity index (χ0v) is 13.2. The Morgan fingerprint density at radius 3 is 2.91 bits per heavy atom. The van der Waals surface area contributed by atoms with Crippen LogP contribution < -0.4 is 0 Å². The largest absolute Gasteiger partial charge is 0.465 e. The van der Waals surface area contributed by atoms with Crippen molar-refractivity contribution in [3.05, 3.63) is 34.2 Å². The molecule has 5 heteroatoms. The van der Waals surface area contributed by atoms with Gasteiger partial charge in [0.05, 0.1) is 19.6 Å². The first-order chi connectivity index (χ1) is 10.7. The molecule has 2 heterocycles. The lowest BCUT2D eigenvalue weighted by atomic mass is 9.91. The van der Waals surface area contributed by atoms with Crippen molar-refractivity contribution in [3.63, 3.8) is 0 Å². The smallest absolute Gasteiger partial charge is 0.348 e. The van der Waals surface area contributed by atoms with Crippen molar-refractivity contribution in [2.24, 2.45) is 0 Å². The highest BCUT2D eigenvalue weighted by Gasteiger charge is 2.21. The fraction of sp³-hybridized carbons (Fsp3) is 0.412. The van der Waals surface area contributed by atoms with Gasteiger partial charge < -0.3 is 9.47 Å². The number of ether oxygens (including phenoxy) is 2. The number of fused-ring (bicyclic) bond motifs is 1. The van der Waals surface area contributed by atoms with Crippen molar-refractivity contribution >= 4 is 27.4 Å². The number of thiophene rings is 1. The molecule has 1 aromatic heterocycles. The molecule has 0 amide bonds. The molecule has 0 atom stereocenters. The van der Waals surface area contributed by atoms with E-state index < -0.39 is 0 Å². The SMILES string of the molecule is COC(=O)c1sc2cc(C3CCOCC3)ccc2c1CC#N. The molecule has 0 N–H and O–H groups in total. The van der Waals surface area contributed by atoms with Crippen LogP contribution in [0.5, 0.6) is 0 Å². The summed E-state index contributed by atoms with van der Waals surface area (Å²) < 4.78 is 11.3. The summed E-state index contributed by atoms with van der Waals surface area (Å²) in [7, 11) is 1.37. The highest BCUT2D eigenvalue weighted by molar-refractivity contribution is 7.21. The number of nitrogens with zero attached hydrogens (tertiary/aromatic N) is 1. The highest BCUT2D eigenvalue weighted by atomic mass is 32.1. The van der Waals surface area contributed by atoms with E-state index in [0.717, 1.165) is 41.7 Å². The lowest BCUT2D eigenvalue weighted by Gasteiger charge is -2.22. The molecule has 22 heavy (non-hydrogen) atoms. The van der Waals surface area contributed by atoms with Gasteiger partial charge in [0.25, 0.3) is 0 Å². The third kappa shape index (κ3) is 2.72. The van der Waals surface area contributed by atoms with Crippen LogP contribution in [0, 0.1) is 11.3 Å². The molecule has 0 aliphatic carbocycles. The van der Waals surface area contributed by atoms with Gasteiger partial charge in [-0.25, -0.2) is 4.79 Å². The number of rotatable bonds is 3. The standard InChI is InChI=1S/C17H17NO3S/c1-20-17(19)16-14(4-7-18)13-3-2-12(10-15(13)22-16)11-5-8-21-9-6-11/h2-3,10-11H,4-6,8-9H2,1H3. The van der Waals surface area contributed by atoms with E-state index in [1.54, 1.807) is 0 Å². The van der Waals surface area contributed by atoms with Gasteiger partial charge in [-0.05, 0) is 41.3 Å². The van der Waals surface area contributed by atoms with Crippen LogP contribution in [0.1, 0.15) is 39.6 Å². The molecule has 1 fully saturated rings. The van der Waals surface area contributed by atoms with E-state index >= 15 is 0 Å². The Bertz CT molecular complexity index is 738. The molecule has 2 aromatic rings. The van der Waals surface area contributed by atoms with Gasteiger partial charge in [-0.15, -0.1) is 11.3 Å². The first kappa shape index (κ1) is 15.0. The van der Waals surface area contributed by atoms with Crippen LogP contribution in [0.25, 0.3) is 10.1 Å². The van der Waals surface area contributed by atoms with E-state index in [1.165, 1.54) is 24.0 Å². The van der Waals surface area contributed by atoms with Crippen LogP contribution in [-0.4, -0.2) is 26.3 Å². The number of nitriles is 1. The fourth-order valence-electron chi connectivity index (χ4n) is 2.96. The molecule has 3 rings (SSSR count). The Morgan fingerprint density at radius 2 is 2.23 bits per heavy atom. The monoisotopic (exact) mass is 315 g/mol. The summed E-state index contributed by atoms with van der Waals surface area (Å²) in [6.07, 6.45) is 2.29. The fourth-order valence-corrected chi connectivity index (χ4v) is 4.15. The molecule has 0 unspecified atom stereocenters. The van der Waals surface area contributed by atoms with Crippen LogP contribution in [0.3, 0.4) is 0 Å². The van der Waals surface area contributed by atoms with Gasteiger partial charge in [-0.1, -0.05) is 12.1 Å². The van der Waals surface area contributed by atoms with Crippen LogP contribution in [-0.2, 0) is 15.9 Å². The lowest BCUT2D eigenvalue weighted by molar-refractivity contribution is 0.0605. The van der Waals surface area contributed by atoms with Crippen LogP contribution in [0.2, 0.25) is 0 Å². The molecule has 1 aromatic carbocycles. The summed E-state index contributed by atoms with van der Waals surface area (Å²) in [4.78, 5) is 12.5. The summed E-state index contributed by atoms with van der Waals surface area (Å²) in [5.74, 6) is 0.153. The van der Waals surface area contributed by atoms with Gasteiger partial charge in [0, 0.05) is 17.9 Å². The number of hydrogen-bond donors (Lipinski definition) is 0. The number of hydrogen-bond acceptors (Lipinski definition) is 5. The molecular formula is C17H17NO3S. The number of carbonyl (C=O) groups excluding carboxylic acids is 1. The van der Waals surface area contributed by atoms with Gasteiger partial charge in [0.2, 0.25) is 0 Å². The van der Waals surface area contributed by atoms with Crippen LogP contribution in [0.15, 0.2) is 18.2 Å².